The lowest BCUT2D eigenvalue weighted by Gasteiger charge is -2.15. The molecule has 100 valence electrons. The Hall–Kier alpha value is -1.76. The van der Waals surface area contributed by atoms with Gasteiger partial charge in [0.1, 0.15) is 5.56 Å². The molecule has 0 saturated carbocycles. The van der Waals surface area contributed by atoms with Gasteiger partial charge in [-0.2, -0.15) is 13.2 Å². The number of Topliss-reactive ketones (excluding diaryl/α,β-unsaturated/α-hetero) is 1. The summed E-state index contributed by atoms with van der Waals surface area (Å²) in [4.78, 5) is 11.5. The predicted octanol–water partition coefficient (Wildman–Crippen LogP) is 1.95. The van der Waals surface area contributed by atoms with Crippen LogP contribution in [-0.4, -0.2) is 24.5 Å². The van der Waals surface area contributed by atoms with E-state index in [-0.39, 0.29) is 18.5 Å². The molecule has 1 aromatic rings. The summed E-state index contributed by atoms with van der Waals surface area (Å²) in [5.74, 6) is -2.11. The standard InChI is InChI=1S/C11H12F3NO3/c1-18-10-7(11(12,13)14)3-2-6(9(10)17)8(16)4-5-15/h2-3,17H,4-5,15H2,1H3. The molecule has 0 aliphatic heterocycles. The van der Waals surface area contributed by atoms with Crippen LogP contribution in [0.1, 0.15) is 22.3 Å². The normalized spacial score (nSPS) is 11.4. The predicted molar refractivity (Wildman–Crippen MR) is 57.7 cm³/mol. The lowest BCUT2D eigenvalue weighted by Crippen LogP contribution is -2.11. The lowest BCUT2D eigenvalue weighted by atomic mass is 10.0. The monoisotopic (exact) mass is 263 g/mol. The van der Waals surface area contributed by atoms with Crippen LogP contribution in [0.2, 0.25) is 0 Å². The van der Waals surface area contributed by atoms with Gasteiger partial charge in [-0.15, -0.1) is 0 Å². The Morgan fingerprint density at radius 3 is 2.50 bits per heavy atom. The first kappa shape index (κ1) is 14.3. The maximum Gasteiger partial charge on any atom is 0.420 e. The van der Waals surface area contributed by atoms with Gasteiger partial charge in [-0.3, -0.25) is 4.79 Å². The minimum atomic E-state index is -4.67. The molecular weight excluding hydrogens is 251 g/mol. The van der Waals surface area contributed by atoms with Gasteiger partial charge in [-0.25, -0.2) is 0 Å². The molecule has 3 N–H and O–H groups in total. The van der Waals surface area contributed by atoms with Crippen molar-refractivity contribution in [3.63, 3.8) is 0 Å². The van der Waals surface area contributed by atoms with Crippen LogP contribution in [0.25, 0.3) is 0 Å². The van der Waals surface area contributed by atoms with Crippen molar-refractivity contribution in [1.82, 2.24) is 0 Å². The zero-order chi connectivity index (χ0) is 13.9. The first-order valence-electron chi connectivity index (χ1n) is 5.03. The van der Waals surface area contributed by atoms with Crippen LogP contribution in [0.4, 0.5) is 13.2 Å². The van der Waals surface area contributed by atoms with Crippen LogP contribution < -0.4 is 10.5 Å². The molecule has 1 rings (SSSR count). The Bertz CT molecular complexity index is 458. The molecule has 0 radical (unpaired) electrons. The quantitative estimate of drug-likeness (QED) is 0.814. The number of rotatable bonds is 4. The largest absolute Gasteiger partial charge is 0.504 e. The molecule has 0 fully saturated rings. The number of hydrogen-bond acceptors (Lipinski definition) is 4. The third-order valence-electron chi connectivity index (χ3n) is 2.31. The molecule has 7 heteroatoms. The van der Waals surface area contributed by atoms with E-state index >= 15 is 0 Å². The number of phenols is 1. The molecule has 4 nitrogen and oxygen atoms in total. The van der Waals surface area contributed by atoms with Gasteiger partial charge in [0.25, 0.3) is 0 Å². The Labute approximate surface area is 101 Å². The van der Waals surface area contributed by atoms with Crippen LogP contribution >= 0.6 is 0 Å². The highest BCUT2D eigenvalue weighted by molar-refractivity contribution is 5.99. The summed E-state index contributed by atoms with van der Waals surface area (Å²) < 4.78 is 42.3. The van der Waals surface area contributed by atoms with Crippen molar-refractivity contribution in [3.8, 4) is 11.5 Å². The Kier molecular flexibility index (Phi) is 4.18. The van der Waals surface area contributed by atoms with Crippen LogP contribution in [0.3, 0.4) is 0 Å². The third kappa shape index (κ3) is 2.73. The molecule has 0 bridgehead atoms. The molecule has 1 aromatic carbocycles. The zero-order valence-electron chi connectivity index (χ0n) is 9.54. The zero-order valence-corrected chi connectivity index (χ0v) is 9.54. The van der Waals surface area contributed by atoms with E-state index in [0.717, 1.165) is 13.2 Å². The average Bonchev–Trinajstić information content (AvgIpc) is 2.27. The number of halogens is 3. The van der Waals surface area contributed by atoms with Crippen molar-refractivity contribution in [1.29, 1.82) is 0 Å². The van der Waals surface area contributed by atoms with E-state index in [1.54, 1.807) is 0 Å². The number of ether oxygens (including phenoxy) is 1. The maximum atomic E-state index is 12.6. The summed E-state index contributed by atoms with van der Waals surface area (Å²) in [5, 5.41) is 9.64. The first-order chi connectivity index (χ1) is 8.32. The topological polar surface area (TPSA) is 72.5 Å². The van der Waals surface area contributed by atoms with Crippen LogP contribution in [0.15, 0.2) is 12.1 Å². The molecule has 0 aromatic heterocycles. The molecule has 18 heavy (non-hydrogen) atoms. The van der Waals surface area contributed by atoms with Gasteiger partial charge < -0.3 is 15.6 Å². The Morgan fingerprint density at radius 2 is 2.06 bits per heavy atom. The molecule has 0 aliphatic rings. The maximum absolute atomic E-state index is 12.6. The number of methoxy groups -OCH3 is 1. The van der Waals surface area contributed by atoms with E-state index in [1.807, 2.05) is 0 Å². The van der Waals surface area contributed by atoms with E-state index in [4.69, 9.17) is 5.73 Å². The number of carbonyl (C=O) groups is 1. The molecule has 0 atom stereocenters. The molecule has 0 spiro atoms. The van der Waals surface area contributed by atoms with Gasteiger partial charge in [0, 0.05) is 6.42 Å². The fourth-order valence-corrected chi connectivity index (χ4v) is 1.49. The first-order valence-corrected chi connectivity index (χ1v) is 5.03. The van der Waals surface area contributed by atoms with Crippen molar-refractivity contribution < 1.29 is 27.8 Å². The second-order valence-electron chi connectivity index (χ2n) is 3.50. The fourth-order valence-electron chi connectivity index (χ4n) is 1.49. The van der Waals surface area contributed by atoms with Crippen molar-refractivity contribution in [2.75, 3.05) is 13.7 Å². The molecule has 0 amide bonds. The number of hydrogen-bond donors (Lipinski definition) is 2. The minimum Gasteiger partial charge on any atom is -0.504 e. The minimum absolute atomic E-state index is 0.0433. The summed E-state index contributed by atoms with van der Waals surface area (Å²) in [5.41, 5.74) is 3.81. The second kappa shape index (κ2) is 5.26. The number of alkyl halides is 3. The number of phenolic OH excluding ortho intramolecular Hbond substituents is 1. The van der Waals surface area contributed by atoms with Crippen molar-refractivity contribution in [2.45, 2.75) is 12.6 Å². The van der Waals surface area contributed by atoms with Crippen LogP contribution in [0, 0.1) is 0 Å². The van der Waals surface area contributed by atoms with Gasteiger partial charge in [0.2, 0.25) is 0 Å². The SMILES string of the molecule is COc1c(C(F)(F)F)ccc(C(=O)CCN)c1O. The Morgan fingerprint density at radius 1 is 1.44 bits per heavy atom. The molecule has 0 unspecified atom stereocenters. The molecule has 0 aliphatic carbocycles. The van der Waals surface area contributed by atoms with E-state index in [0.29, 0.717) is 6.07 Å². The highest BCUT2D eigenvalue weighted by atomic mass is 19.4. The molecule has 0 heterocycles. The number of nitrogens with two attached hydrogens (primary N) is 1. The molecular formula is C11H12F3NO3. The summed E-state index contributed by atoms with van der Waals surface area (Å²) in [6.45, 7) is 0.0433. The van der Waals surface area contributed by atoms with E-state index in [9.17, 15) is 23.1 Å². The third-order valence-corrected chi connectivity index (χ3v) is 2.31. The van der Waals surface area contributed by atoms with Crippen molar-refractivity contribution >= 4 is 5.78 Å². The second-order valence-corrected chi connectivity index (χ2v) is 3.50. The Balaban J connectivity index is 3.33. The van der Waals surface area contributed by atoms with E-state index < -0.39 is 29.0 Å². The van der Waals surface area contributed by atoms with E-state index in [1.165, 1.54) is 0 Å². The summed E-state index contributed by atoms with van der Waals surface area (Å²) in [7, 11) is 0.988. The van der Waals surface area contributed by atoms with Crippen molar-refractivity contribution in [2.24, 2.45) is 5.73 Å². The number of benzene rings is 1. The fraction of sp³-hybridized carbons (Fsp3) is 0.364. The lowest BCUT2D eigenvalue weighted by molar-refractivity contribution is -0.138. The number of ketones is 1. The van der Waals surface area contributed by atoms with Gasteiger partial charge in [0.15, 0.2) is 17.3 Å². The van der Waals surface area contributed by atoms with Gasteiger partial charge >= 0.3 is 6.18 Å². The molecule has 0 saturated heterocycles. The van der Waals surface area contributed by atoms with Crippen molar-refractivity contribution in [3.05, 3.63) is 23.3 Å². The summed E-state index contributed by atoms with van der Waals surface area (Å²) in [6, 6.07) is 1.61. The van der Waals surface area contributed by atoms with Crippen LogP contribution in [0.5, 0.6) is 11.5 Å². The average molecular weight is 263 g/mol. The highest BCUT2D eigenvalue weighted by Gasteiger charge is 2.36. The summed E-state index contributed by atoms with van der Waals surface area (Å²) in [6.07, 6.45) is -4.74. The van der Waals surface area contributed by atoms with Gasteiger partial charge in [-0.05, 0) is 18.7 Å². The van der Waals surface area contributed by atoms with Gasteiger partial charge in [-0.1, -0.05) is 0 Å². The highest BCUT2D eigenvalue weighted by Crippen LogP contribution is 2.42. The summed E-state index contributed by atoms with van der Waals surface area (Å²) >= 11 is 0. The number of carbonyl (C=O) groups excluding carboxylic acids is 1. The van der Waals surface area contributed by atoms with E-state index in [2.05, 4.69) is 4.74 Å². The van der Waals surface area contributed by atoms with Gasteiger partial charge in [0.05, 0.1) is 12.7 Å². The number of aromatic hydroxyl groups is 1. The van der Waals surface area contributed by atoms with Crippen LogP contribution in [-0.2, 0) is 6.18 Å². The smallest absolute Gasteiger partial charge is 0.420 e.